The number of nitrogen functional groups attached to an aromatic ring is 1. The number of hydrogen-bond donors (Lipinski definition) is 2. The van der Waals surface area contributed by atoms with Crippen molar-refractivity contribution >= 4 is 28.2 Å². The molecule has 0 aliphatic heterocycles. The number of nitrogens with one attached hydrogen (secondary N) is 1. The Bertz CT molecular complexity index is 1230. The number of methoxy groups -OCH3 is 1. The maximum absolute atomic E-state index is 13.1. The van der Waals surface area contributed by atoms with Crippen molar-refractivity contribution in [3.8, 4) is 17.0 Å². The smallest absolute Gasteiger partial charge is 0.418 e. The summed E-state index contributed by atoms with van der Waals surface area (Å²) in [6, 6.07) is 11.7. The average Bonchev–Trinajstić information content (AvgIpc) is 3.04. The quantitative estimate of drug-likeness (QED) is 0.461. The summed E-state index contributed by atoms with van der Waals surface area (Å²) < 4.78 is 46.4. The van der Waals surface area contributed by atoms with Gasteiger partial charge in [0.1, 0.15) is 5.75 Å². The molecule has 0 saturated carbocycles. The third kappa shape index (κ3) is 3.49. The van der Waals surface area contributed by atoms with Gasteiger partial charge in [0.05, 0.1) is 24.1 Å². The molecule has 4 aromatic rings. The number of para-hydroxylation sites is 1. The van der Waals surface area contributed by atoms with E-state index in [1.54, 1.807) is 12.3 Å². The molecule has 2 heterocycles. The second-order valence-electron chi connectivity index (χ2n) is 6.70. The van der Waals surface area contributed by atoms with Crippen LogP contribution in [0.5, 0.6) is 5.75 Å². The van der Waals surface area contributed by atoms with Gasteiger partial charge in [-0.3, -0.25) is 0 Å². The highest BCUT2D eigenvalue weighted by atomic mass is 19.4. The minimum absolute atomic E-state index is 0.0179. The molecule has 0 aliphatic carbocycles. The molecule has 3 N–H and O–H groups in total. The van der Waals surface area contributed by atoms with E-state index in [0.717, 1.165) is 28.6 Å². The van der Waals surface area contributed by atoms with E-state index in [9.17, 15) is 13.2 Å². The summed E-state index contributed by atoms with van der Waals surface area (Å²) in [5.41, 5.74) is 7.10. The van der Waals surface area contributed by atoms with Crippen LogP contribution in [0.15, 0.2) is 54.9 Å². The summed E-state index contributed by atoms with van der Waals surface area (Å²) in [5.74, 6) is 0.189. The molecule has 9 heteroatoms. The lowest BCUT2D eigenvalue weighted by atomic mass is 10.1. The number of halogens is 3. The van der Waals surface area contributed by atoms with E-state index in [1.807, 2.05) is 42.1 Å². The van der Waals surface area contributed by atoms with Gasteiger partial charge >= 0.3 is 6.18 Å². The molecule has 0 fully saturated rings. The first-order chi connectivity index (χ1) is 14.3. The Morgan fingerprint density at radius 3 is 2.63 bits per heavy atom. The van der Waals surface area contributed by atoms with Crippen LogP contribution in [-0.2, 0) is 13.2 Å². The van der Waals surface area contributed by atoms with Crippen molar-refractivity contribution in [1.29, 1.82) is 0 Å². The van der Waals surface area contributed by atoms with E-state index in [2.05, 4.69) is 15.3 Å². The van der Waals surface area contributed by atoms with Crippen molar-refractivity contribution in [2.75, 3.05) is 18.2 Å². The summed E-state index contributed by atoms with van der Waals surface area (Å²) in [5, 5.41) is 3.94. The molecule has 0 unspecified atom stereocenters. The van der Waals surface area contributed by atoms with Gasteiger partial charge in [-0.2, -0.15) is 13.2 Å². The Morgan fingerprint density at radius 2 is 1.90 bits per heavy atom. The summed E-state index contributed by atoms with van der Waals surface area (Å²) in [4.78, 5) is 8.70. The van der Waals surface area contributed by atoms with Gasteiger partial charge in [-0.05, 0) is 24.3 Å². The zero-order valence-electron chi connectivity index (χ0n) is 16.2. The molecule has 0 saturated heterocycles. The first kappa shape index (κ1) is 19.6. The molecule has 0 atom stereocenters. The second kappa shape index (κ2) is 7.25. The number of aromatic nitrogens is 3. The SMILES string of the molecule is COc1cc(C(F)(F)F)c(N)cc1Nc1nccc(-c2cn(C)c3ccccc23)n1. The molecule has 154 valence electrons. The Labute approximate surface area is 170 Å². The number of ether oxygens (including phenoxy) is 1. The number of benzene rings is 2. The zero-order chi connectivity index (χ0) is 21.5. The van der Waals surface area contributed by atoms with Gasteiger partial charge in [0.25, 0.3) is 0 Å². The molecule has 2 aromatic heterocycles. The second-order valence-corrected chi connectivity index (χ2v) is 6.70. The Balaban J connectivity index is 1.73. The minimum atomic E-state index is -4.58. The van der Waals surface area contributed by atoms with Gasteiger partial charge in [0, 0.05) is 41.6 Å². The molecular weight excluding hydrogens is 395 g/mol. The lowest BCUT2D eigenvalue weighted by Gasteiger charge is -2.16. The molecule has 0 spiro atoms. The van der Waals surface area contributed by atoms with E-state index in [-0.39, 0.29) is 17.4 Å². The van der Waals surface area contributed by atoms with Gasteiger partial charge in [-0.15, -0.1) is 0 Å². The van der Waals surface area contributed by atoms with Gasteiger partial charge in [0.15, 0.2) is 0 Å². The molecule has 0 bridgehead atoms. The van der Waals surface area contributed by atoms with Crippen LogP contribution in [0.25, 0.3) is 22.2 Å². The molecule has 4 rings (SSSR count). The van der Waals surface area contributed by atoms with Gasteiger partial charge in [0.2, 0.25) is 5.95 Å². The molecule has 30 heavy (non-hydrogen) atoms. The van der Waals surface area contributed by atoms with Crippen molar-refractivity contribution in [3.05, 3.63) is 60.4 Å². The number of rotatable bonds is 4. The predicted molar refractivity (Wildman–Crippen MR) is 110 cm³/mol. The molecule has 0 amide bonds. The summed E-state index contributed by atoms with van der Waals surface area (Å²) in [7, 11) is 3.23. The van der Waals surface area contributed by atoms with Crippen LogP contribution < -0.4 is 15.8 Å². The lowest BCUT2D eigenvalue weighted by Crippen LogP contribution is -2.10. The predicted octanol–water partition coefficient (Wildman–Crippen LogP) is 4.99. The summed E-state index contributed by atoms with van der Waals surface area (Å²) in [6.45, 7) is 0. The third-order valence-corrected chi connectivity index (χ3v) is 4.75. The molecule has 2 aromatic carbocycles. The van der Waals surface area contributed by atoms with Crippen LogP contribution in [-0.4, -0.2) is 21.6 Å². The van der Waals surface area contributed by atoms with Crippen LogP contribution in [0.4, 0.5) is 30.5 Å². The molecular formula is C21H18F3N5O. The highest BCUT2D eigenvalue weighted by Crippen LogP contribution is 2.40. The number of alkyl halides is 3. The zero-order valence-corrected chi connectivity index (χ0v) is 16.2. The lowest BCUT2D eigenvalue weighted by molar-refractivity contribution is -0.137. The monoisotopic (exact) mass is 413 g/mol. The highest BCUT2D eigenvalue weighted by Gasteiger charge is 2.34. The number of hydrogen-bond acceptors (Lipinski definition) is 5. The van der Waals surface area contributed by atoms with Crippen molar-refractivity contribution < 1.29 is 17.9 Å². The summed E-state index contributed by atoms with van der Waals surface area (Å²) in [6.07, 6.45) is -1.04. The van der Waals surface area contributed by atoms with Crippen LogP contribution in [0, 0.1) is 0 Å². The Morgan fingerprint density at radius 1 is 1.13 bits per heavy atom. The van der Waals surface area contributed by atoms with Crippen LogP contribution in [0.1, 0.15) is 5.56 Å². The van der Waals surface area contributed by atoms with Crippen LogP contribution in [0.3, 0.4) is 0 Å². The first-order valence-electron chi connectivity index (χ1n) is 8.97. The maximum Gasteiger partial charge on any atom is 0.418 e. The van der Waals surface area contributed by atoms with Gasteiger partial charge < -0.3 is 20.4 Å². The Hall–Kier alpha value is -3.75. The molecule has 6 nitrogen and oxygen atoms in total. The number of anilines is 3. The number of fused-ring (bicyclic) bond motifs is 1. The maximum atomic E-state index is 13.1. The number of aryl methyl sites for hydroxylation is 1. The fourth-order valence-electron chi connectivity index (χ4n) is 3.34. The van der Waals surface area contributed by atoms with Crippen molar-refractivity contribution in [3.63, 3.8) is 0 Å². The molecule has 0 radical (unpaired) electrons. The number of nitrogens with two attached hydrogens (primary N) is 1. The van der Waals surface area contributed by atoms with Crippen molar-refractivity contribution in [1.82, 2.24) is 14.5 Å². The van der Waals surface area contributed by atoms with Crippen LogP contribution >= 0.6 is 0 Å². The van der Waals surface area contributed by atoms with Gasteiger partial charge in [-0.1, -0.05) is 18.2 Å². The summed E-state index contributed by atoms with van der Waals surface area (Å²) >= 11 is 0. The fraction of sp³-hybridized carbons (Fsp3) is 0.143. The average molecular weight is 413 g/mol. The highest BCUT2D eigenvalue weighted by molar-refractivity contribution is 5.95. The molecule has 0 aliphatic rings. The Kier molecular flexibility index (Phi) is 4.73. The third-order valence-electron chi connectivity index (χ3n) is 4.75. The van der Waals surface area contributed by atoms with Crippen molar-refractivity contribution in [2.24, 2.45) is 7.05 Å². The van der Waals surface area contributed by atoms with E-state index >= 15 is 0 Å². The normalized spacial score (nSPS) is 11.6. The van der Waals surface area contributed by atoms with E-state index in [0.29, 0.717) is 5.69 Å². The topological polar surface area (TPSA) is 78.0 Å². The largest absolute Gasteiger partial charge is 0.495 e. The van der Waals surface area contributed by atoms with Crippen molar-refractivity contribution in [2.45, 2.75) is 6.18 Å². The standard InChI is InChI=1S/C21H18F3N5O/c1-29-11-13(12-5-3-4-6-18(12)29)16-7-8-26-20(27-16)28-17-10-15(25)14(21(22,23)24)9-19(17)30-2/h3-11H,25H2,1-2H3,(H,26,27,28). The fourth-order valence-corrected chi connectivity index (χ4v) is 3.34. The van der Waals surface area contributed by atoms with E-state index < -0.39 is 17.4 Å². The first-order valence-corrected chi connectivity index (χ1v) is 8.97. The van der Waals surface area contributed by atoms with Crippen LogP contribution in [0.2, 0.25) is 0 Å². The number of nitrogens with zero attached hydrogens (tertiary/aromatic N) is 3. The van der Waals surface area contributed by atoms with E-state index in [1.165, 1.54) is 7.11 Å². The minimum Gasteiger partial charge on any atom is -0.495 e. The van der Waals surface area contributed by atoms with E-state index in [4.69, 9.17) is 10.5 Å². The van der Waals surface area contributed by atoms with Gasteiger partial charge in [-0.25, -0.2) is 9.97 Å².